The third-order valence-electron chi connectivity index (χ3n) is 4.58. The number of amides is 1. The summed E-state index contributed by atoms with van der Waals surface area (Å²) in [5.41, 5.74) is 2.03. The van der Waals surface area contributed by atoms with Crippen LogP contribution < -0.4 is 10.2 Å². The minimum Gasteiger partial charge on any atom is -0.356 e. The third kappa shape index (κ3) is 4.91. The number of H-pyrrole nitrogens is 1. The fraction of sp³-hybridized carbons (Fsp3) is 0.579. The first-order valence-corrected chi connectivity index (χ1v) is 10.5. The molecule has 0 unspecified atom stereocenters. The molecule has 1 atom stereocenters. The predicted octanol–water partition coefficient (Wildman–Crippen LogP) is 3.43. The van der Waals surface area contributed by atoms with Gasteiger partial charge < -0.3 is 15.2 Å². The number of nitrogens with one attached hydrogen (secondary N) is 2. The number of anilines is 1. The van der Waals surface area contributed by atoms with Crippen molar-refractivity contribution >= 4 is 34.7 Å². The van der Waals surface area contributed by atoms with Crippen LogP contribution in [-0.2, 0) is 4.79 Å². The highest BCUT2D eigenvalue weighted by Crippen LogP contribution is 2.23. The molecule has 2 heterocycles. The van der Waals surface area contributed by atoms with Crippen molar-refractivity contribution in [3.8, 4) is 0 Å². The number of hydrogen-bond acceptors (Lipinski definition) is 4. The normalized spacial score (nSPS) is 17.8. The topological polar surface area (TPSA) is 61.0 Å². The first-order valence-electron chi connectivity index (χ1n) is 9.33. The number of aromatic amines is 1. The van der Waals surface area contributed by atoms with Crippen LogP contribution in [0.25, 0.3) is 11.0 Å². The number of imidazole rings is 1. The number of nitrogens with zero attached hydrogens (tertiary/aromatic N) is 2. The molecule has 1 fully saturated rings. The van der Waals surface area contributed by atoms with Crippen molar-refractivity contribution in [2.75, 3.05) is 36.0 Å². The van der Waals surface area contributed by atoms with Gasteiger partial charge in [-0.3, -0.25) is 4.79 Å². The first kappa shape index (κ1) is 18.1. The summed E-state index contributed by atoms with van der Waals surface area (Å²) in [5.74, 6) is 3.48. The van der Waals surface area contributed by atoms with Gasteiger partial charge in [-0.15, -0.1) is 0 Å². The highest BCUT2D eigenvalue weighted by atomic mass is 32.2. The van der Waals surface area contributed by atoms with E-state index in [0.717, 1.165) is 61.6 Å². The van der Waals surface area contributed by atoms with Crippen LogP contribution in [0.4, 0.5) is 5.95 Å². The monoisotopic (exact) mass is 360 g/mol. The molecule has 1 aliphatic heterocycles. The molecule has 0 saturated carbocycles. The van der Waals surface area contributed by atoms with Gasteiger partial charge in [0.2, 0.25) is 11.9 Å². The van der Waals surface area contributed by atoms with Crippen LogP contribution in [0.1, 0.15) is 32.6 Å². The lowest BCUT2D eigenvalue weighted by Gasteiger charge is -2.31. The summed E-state index contributed by atoms with van der Waals surface area (Å²) in [5, 5.41) is 3.12. The maximum absolute atomic E-state index is 12.5. The molecular weight excluding hydrogens is 332 g/mol. The highest BCUT2D eigenvalue weighted by molar-refractivity contribution is 7.99. The Kier molecular flexibility index (Phi) is 6.62. The lowest BCUT2D eigenvalue weighted by atomic mass is 9.97. The molecule has 3 rings (SSSR count). The van der Waals surface area contributed by atoms with Gasteiger partial charge in [-0.05, 0) is 49.3 Å². The Morgan fingerprint density at radius 2 is 2.28 bits per heavy atom. The van der Waals surface area contributed by atoms with E-state index in [1.165, 1.54) is 12.2 Å². The maximum Gasteiger partial charge on any atom is 0.224 e. The van der Waals surface area contributed by atoms with Crippen molar-refractivity contribution in [1.29, 1.82) is 0 Å². The van der Waals surface area contributed by atoms with Crippen LogP contribution in [0.5, 0.6) is 0 Å². The van der Waals surface area contributed by atoms with E-state index in [4.69, 9.17) is 0 Å². The number of benzene rings is 1. The highest BCUT2D eigenvalue weighted by Gasteiger charge is 2.27. The quantitative estimate of drug-likeness (QED) is 0.708. The van der Waals surface area contributed by atoms with E-state index in [9.17, 15) is 4.79 Å². The van der Waals surface area contributed by atoms with Crippen LogP contribution in [0.15, 0.2) is 24.3 Å². The standard InChI is InChI=1S/C19H28N4OS/c1-2-12-25-13-6-10-20-18(24)15-7-5-11-23(14-15)19-21-16-8-3-4-9-17(16)22-19/h3-4,8-9,15H,2,5-7,10-14H2,1H3,(H,20,24)(H,21,22)/t15-/m1/s1. The Bertz CT molecular complexity index is 654. The molecule has 6 heteroatoms. The molecule has 0 spiro atoms. The predicted molar refractivity (Wildman–Crippen MR) is 106 cm³/mol. The minimum absolute atomic E-state index is 0.0604. The van der Waals surface area contributed by atoms with Crippen molar-refractivity contribution < 1.29 is 4.79 Å². The number of thioether (sulfide) groups is 1. The molecule has 1 aromatic heterocycles. The van der Waals surface area contributed by atoms with Crippen LogP contribution in [0.2, 0.25) is 0 Å². The lowest BCUT2D eigenvalue weighted by molar-refractivity contribution is -0.125. The van der Waals surface area contributed by atoms with E-state index in [2.05, 4.69) is 27.1 Å². The van der Waals surface area contributed by atoms with Gasteiger partial charge >= 0.3 is 0 Å². The molecule has 0 aliphatic carbocycles. The zero-order chi connectivity index (χ0) is 17.5. The fourth-order valence-corrected chi connectivity index (χ4v) is 4.09. The third-order valence-corrected chi connectivity index (χ3v) is 5.86. The molecule has 2 aromatic rings. The van der Waals surface area contributed by atoms with Crippen LogP contribution in [0.3, 0.4) is 0 Å². The Labute approximate surface area is 154 Å². The first-order chi connectivity index (χ1) is 12.3. The number of aromatic nitrogens is 2. The van der Waals surface area contributed by atoms with Gasteiger partial charge in [-0.1, -0.05) is 19.1 Å². The second-order valence-corrected chi connectivity index (χ2v) is 7.84. The number of carbonyl (C=O) groups excluding carboxylic acids is 1. The van der Waals surface area contributed by atoms with E-state index in [1.807, 2.05) is 36.0 Å². The number of piperidine rings is 1. The number of rotatable bonds is 8. The molecule has 1 aromatic carbocycles. The van der Waals surface area contributed by atoms with Crippen molar-refractivity contribution in [2.45, 2.75) is 32.6 Å². The number of hydrogen-bond donors (Lipinski definition) is 2. The van der Waals surface area contributed by atoms with Gasteiger partial charge in [-0.25, -0.2) is 4.98 Å². The summed E-state index contributed by atoms with van der Waals surface area (Å²) < 4.78 is 0. The number of fused-ring (bicyclic) bond motifs is 1. The van der Waals surface area contributed by atoms with Crippen LogP contribution in [0, 0.1) is 5.92 Å². The molecule has 25 heavy (non-hydrogen) atoms. The molecular formula is C19H28N4OS. The Morgan fingerprint density at radius 3 is 3.12 bits per heavy atom. The lowest BCUT2D eigenvalue weighted by Crippen LogP contribution is -2.43. The summed E-state index contributed by atoms with van der Waals surface area (Å²) in [6.07, 6.45) is 4.27. The maximum atomic E-state index is 12.5. The molecule has 1 aliphatic rings. The zero-order valence-corrected chi connectivity index (χ0v) is 15.8. The minimum atomic E-state index is 0.0604. The van der Waals surface area contributed by atoms with Gasteiger partial charge in [0, 0.05) is 19.6 Å². The molecule has 1 amide bonds. The van der Waals surface area contributed by atoms with E-state index in [1.54, 1.807) is 0 Å². The Balaban J connectivity index is 1.49. The Morgan fingerprint density at radius 1 is 1.40 bits per heavy atom. The molecule has 2 N–H and O–H groups in total. The summed E-state index contributed by atoms with van der Waals surface area (Å²) in [7, 11) is 0. The number of para-hydroxylation sites is 2. The summed E-state index contributed by atoms with van der Waals surface area (Å²) in [6.45, 7) is 4.69. The average Bonchev–Trinajstić information content (AvgIpc) is 3.09. The van der Waals surface area contributed by atoms with E-state index < -0.39 is 0 Å². The average molecular weight is 361 g/mol. The molecule has 0 bridgehead atoms. The molecule has 1 saturated heterocycles. The van der Waals surface area contributed by atoms with Crippen molar-refractivity contribution in [3.63, 3.8) is 0 Å². The van der Waals surface area contributed by atoms with E-state index >= 15 is 0 Å². The Hall–Kier alpha value is -1.69. The summed E-state index contributed by atoms with van der Waals surface area (Å²) in [6, 6.07) is 8.06. The van der Waals surface area contributed by atoms with Gasteiger partial charge in [0.15, 0.2) is 0 Å². The van der Waals surface area contributed by atoms with Crippen molar-refractivity contribution in [3.05, 3.63) is 24.3 Å². The van der Waals surface area contributed by atoms with Gasteiger partial charge in [0.05, 0.1) is 17.0 Å². The zero-order valence-electron chi connectivity index (χ0n) is 15.0. The van der Waals surface area contributed by atoms with E-state index in [0.29, 0.717) is 0 Å². The van der Waals surface area contributed by atoms with Crippen LogP contribution in [-0.4, -0.2) is 47.0 Å². The van der Waals surface area contributed by atoms with E-state index in [-0.39, 0.29) is 11.8 Å². The fourth-order valence-electron chi connectivity index (χ4n) is 3.25. The number of carbonyl (C=O) groups is 1. The molecule has 5 nitrogen and oxygen atoms in total. The second-order valence-electron chi connectivity index (χ2n) is 6.62. The van der Waals surface area contributed by atoms with Gasteiger partial charge in [0.25, 0.3) is 0 Å². The van der Waals surface area contributed by atoms with Gasteiger partial charge in [0.1, 0.15) is 0 Å². The molecule has 0 radical (unpaired) electrons. The largest absolute Gasteiger partial charge is 0.356 e. The molecule has 136 valence electrons. The smallest absolute Gasteiger partial charge is 0.224 e. The van der Waals surface area contributed by atoms with Crippen molar-refractivity contribution in [1.82, 2.24) is 15.3 Å². The SMILES string of the molecule is CCCSCCCNC(=O)[C@@H]1CCCN(c2nc3ccccc3[nH]2)C1. The van der Waals surface area contributed by atoms with Crippen LogP contribution >= 0.6 is 11.8 Å². The van der Waals surface area contributed by atoms with Gasteiger partial charge in [-0.2, -0.15) is 11.8 Å². The second kappa shape index (κ2) is 9.13. The van der Waals surface area contributed by atoms with Crippen molar-refractivity contribution in [2.24, 2.45) is 5.92 Å². The summed E-state index contributed by atoms with van der Waals surface area (Å²) in [4.78, 5) is 22.7. The summed E-state index contributed by atoms with van der Waals surface area (Å²) >= 11 is 1.97.